The third-order valence-electron chi connectivity index (χ3n) is 3.99. The maximum absolute atomic E-state index is 12.7. The van der Waals surface area contributed by atoms with Crippen molar-refractivity contribution < 1.29 is 18.3 Å². The number of carbonyl (C=O) groups is 1. The Bertz CT molecular complexity index is 626. The Balaban J connectivity index is 2.51. The third-order valence-corrected chi connectivity index (χ3v) is 5.95. The maximum Gasteiger partial charge on any atom is 0.325 e. The Hall–Kier alpha value is -1.40. The van der Waals surface area contributed by atoms with Gasteiger partial charge in [0.1, 0.15) is 5.54 Å². The molecule has 1 saturated heterocycles. The van der Waals surface area contributed by atoms with Crippen molar-refractivity contribution in [3.63, 3.8) is 0 Å². The van der Waals surface area contributed by atoms with Crippen molar-refractivity contribution >= 4 is 16.0 Å². The molecule has 1 fully saturated rings. The van der Waals surface area contributed by atoms with Gasteiger partial charge in [0.15, 0.2) is 0 Å². The van der Waals surface area contributed by atoms with Crippen molar-refractivity contribution in [1.82, 2.24) is 4.31 Å². The summed E-state index contributed by atoms with van der Waals surface area (Å²) in [5.41, 5.74) is -0.467. The number of carboxylic acids is 1. The molecular formula is C14H19NO4S. The molecule has 1 atom stereocenters. The molecule has 0 aliphatic carbocycles. The zero-order chi connectivity index (χ0) is 15.0. The average Bonchev–Trinajstić information content (AvgIpc) is 2.84. The molecule has 0 amide bonds. The van der Waals surface area contributed by atoms with E-state index in [2.05, 4.69) is 0 Å². The first kappa shape index (κ1) is 15.0. The Morgan fingerprint density at radius 3 is 2.70 bits per heavy atom. The third kappa shape index (κ3) is 2.23. The van der Waals surface area contributed by atoms with Crippen LogP contribution in [0.1, 0.15) is 31.7 Å². The Morgan fingerprint density at radius 1 is 1.45 bits per heavy atom. The van der Waals surface area contributed by atoms with Gasteiger partial charge in [-0.1, -0.05) is 19.1 Å². The van der Waals surface area contributed by atoms with E-state index in [1.807, 2.05) is 13.0 Å². The van der Waals surface area contributed by atoms with Crippen molar-refractivity contribution in [2.45, 2.75) is 43.5 Å². The largest absolute Gasteiger partial charge is 0.480 e. The molecule has 6 heteroatoms. The number of hydrogen-bond donors (Lipinski definition) is 1. The number of nitrogens with zero attached hydrogens (tertiary/aromatic N) is 1. The molecular weight excluding hydrogens is 278 g/mol. The Kier molecular flexibility index (Phi) is 3.88. The van der Waals surface area contributed by atoms with E-state index < -0.39 is 21.5 Å². The normalized spacial score (nSPS) is 23.9. The lowest BCUT2D eigenvalue weighted by molar-refractivity contribution is -0.147. The first-order chi connectivity index (χ1) is 9.34. The summed E-state index contributed by atoms with van der Waals surface area (Å²) in [7, 11) is -3.77. The molecule has 110 valence electrons. The summed E-state index contributed by atoms with van der Waals surface area (Å²) >= 11 is 0. The average molecular weight is 297 g/mol. The van der Waals surface area contributed by atoms with Gasteiger partial charge in [0.2, 0.25) is 10.0 Å². The minimum Gasteiger partial charge on any atom is -0.480 e. The van der Waals surface area contributed by atoms with E-state index in [1.165, 1.54) is 6.07 Å². The van der Waals surface area contributed by atoms with Crippen LogP contribution >= 0.6 is 0 Å². The molecule has 1 heterocycles. The van der Waals surface area contributed by atoms with Crippen molar-refractivity contribution in [3.8, 4) is 0 Å². The van der Waals surface area contributed by atoms with Crippen LogP contribution in [0.5, 0.6) is 0 Å². The summed E-state index contributed by atoms with van der Waals surface area (Å²) in [4.78, 5) is 11.8. The first-order valence-corrected chi connectivity index (χ1v) is 8.11. The van der Waals surface area contributed by atoms with Gasteiger partial charge in [-0.2, -0.15) is 4.31 Å². The zero-order valence-electron chi connectivity index (χ0n) is 11.7. The fourth-order valence-corrected chi connectivity index (χ4v) is 4.79. The molecule has 0 aromatic heterocycles. The standard InChI is InChI=1S/C14H19NO4S/c1-3-14(13(16)17)8-5-9-15(14)20(18,19)12-7-4-6-11(2)10-12/h4,6-7,10H,3,5,8-9H2,1-2H3,(H,16,17). The van der Waals surface area contributed by atoms with E-state index in [0.717, 1.165) is 9.87 Å². The van der Waals surface area contributed by atoms with Gasteiger partial charge in [-0.05, 0) is 43.9 Å². The highest BCUT2D eigenvalue weighted by atomic mass is 32.2. The van der Waals surface area contributed by atoms with Crippen LogP contribution in [0.2, 0.25) is 0 Å². The molecule has 1 aliphatic heterocycles. The van der Waals surface area contributed by atoms with Crippen molar-refractivity contribution in [1.29, 1.82) is 0 Å². The second-order valence-corrected chi connectivity index (χ2v) is 7.05. The molecule has 0 saturated carbocycles. The molecule has 5 nitrogen and oxygen atoms in total. The zero-order valence-corrected chi connectivity index (χ0v) is 12.5. The van der Waals surface area contributed by atoms with Gasteiger partial charge < -0.3 is 5.11 Å². The van der Waals surface area contributed by atoms with Crippen LogP contribution in [0, 0.1) is 6.92 Å². The SMILES string of the molecule is CCC1(C(=O)O)CCCN1S(=O)(=O)c1cccc(C)c1. The van der Waals surface area contributed by atoms with Gasteiger partial charge >= 0.3 is 5.97 Å². The number of carboxylic acid groups (broad SMARTS) is 1. The predicted octanol–water partition coefficient (Wildman–Crippen LogP) is 2.01. The summed E-state index contributed by atoms with van der Waals surface area (Å²) in [6.45, 7) is 3.79. The van der Waals surface area contributed by atoms with Gasteiger partial charge in [-0.15, -0.1) is 0 Å². The van der Waals surface area contributed by atoms with E-state index in [-0.39, 0.29) is 17.9 Å². The monoisotopic (exact) mass is 297 g/mol. The van der Waals surface area contributed by atoms with Crippen molar-refractivity contribution in [3.05, 3.63) is 29.8 Å². The quantitative estimate of drug-likeness (QED) is 0.922. The second kappa shape index (κ2) is 5.18. The summed E-state index contributed by atoms with van der Waals surface area (Å²) in [5, 5.41) is 9.49. The van der Waals surface area contributed by atoms with Gasteiger partial charge in [-0.3, -0.25) is 4.79 Å². The number of sulfonamides is 1. The molecule has 1 N–H and O–H groups in total. The Morgan fingerprint density at radius 2 is 2.15 bits per heavy atom. The molecule has 2 rings (SSSR count). The van der Waals surface area contributed by atoms with Crippen molar-refractivity contribution in [2.75, 3.05) is 6.54 Å². The van der Waals surface area contributed by atoms with Crippen LogP contribution in [0.3, 0.4) is 0 Å². The van der Waals surface area contributed by atoms with Crippen LogP contribution in [-0.2, 0) is 14.8 Å². The van der Waals surface area contributed by atoms with Crippen LogP contribution in [0.4, 0.5) is 0 Å². The van der Waals surface area contributed by atoms with Crippen LogP contribution in [-0.4, -0.2) is 35.9 Å². The number of benzene rings is 1. The lowest BCUT2D eigenvalue weighted by Crippen LogP contribution is -2.52. The fourth-order valence-electron chi connectivity index (χ4n) is 2.83. The topological polar surface area (TPSA) is 74.7 Å². The molecule has 20 heavy (non-hydrogen) atoms. The van der Waals surface area contributed by atoms with Crippen LogP contribution in [0.25, 0.3) is 0 Å². The fraction of sp³-hybridized carbons (Fsp3) is 0.500. The molecule has 0 radical (unpaired) electrons. The Labute approximate surface area is 119 Å². The van der Waals surface area contributed by atoms with E-state index in [9.17, 15) is 18.3 Å². The maximum atomic E-state index is 12.7. The predicted molar refractivity (Wildman–Crippen MR) is 75.0 cm³/mol. The molecule has 0 bridgehead atoms. The molecule has 1 aliphatic rings. The minimum atomic E-state index is -3.77. The van der Waals surface area contributed by atoms with Gasteiger partial charge in [-0.25, -0.2) is 8.42 Å². The smallest absolute Gasteiger partial charge is 0.325 e. The molecule has 1 aromatic carbocycles. The van der Waals surface area contributed by atoms with E-state index >= 15 is 0 Å². The number of hydrogen-bond acceptors (Lipinski definition) is 3. The number of aryl methyl sites for hydroxylation is 1. The highest BCUT2D eigenvalue weighted by molar-refractivity contribution is 7.89. The molecule has 1 unspecified atom stereocenters. The lowest BCUT2D eigenvalue weighted by Gasteiger charge is -2.32. The summed E-state index contributed by atoms with van der Waals surface area (Å²) in [6, 6.07) is 6.58. The summed E-state index contributed by atoms with van der Waals surface area (Å²) in [6.07, 6.45) is 1.21. The van der Waals surface area contributed by atoms with E-state index in [0.29, 0.717) is 12.8 Å². The van der Waals surface area contributed by atoms with Crippen LogP contribution < -0.4 is 0 Å². The second-order valence-electron chi connectivity index (χ2n) is 5.19. The highest BCUT2D eigenvalue weighted by Crippen LogP contribution is 2.37. The first-order valence-electron chi connectivity index (χ1n) is 6.67. The van der Waals surface area contributed by atoms with E-state index in [1.54, 1.807) is 19.1 Å². The summed E-state index contributed by atoms with van der Waals surface area (Å²) in [5.74, 6) is -1.06. The number of aliphatic carboxylic acids is 1. The van der Waals surface area contributed by atoms with Crippen molar-refractivity contribution in [2.24, 2.45) is 0 Å². The van der Waals surface area contributed by atoms with Gasteiger partial charge in [0.25, 0.3) is 0 Å². The van der Waals surface area contributed by atoms with E-state index in [4.69, 9.17) is 0 Å². The summed E-state index contributed by atoms with van der Waals surface area (Å²) < 4.78 is 26.6. The number of rotatable bonds is 4. The minimum absolute atomic E-state index is 0.165. The van der Waals surface area contributed by atoms with Gasteiger partial charge in [0.05, 0.1) is 4.90 Å². The van der Waals surface area contributed by atoms with Crippen LogP contribution in [0.15, 0.2) is 29.2 Å². The molecule has 1 aromatic rings. The van der Waals surface area contributed by atoms with Gasteiger partial charge in [0, 0.05) is 6.54 Å². The molecule has 0 spiro atoms. The highest BCUT2D eigenvalue weighted by Gasteiger charge is 2.51. The lowest BCUT2D eigenvalue weighted by atomic mass is 9.95.